The SMILES string of the molecule is CC(=O)Oc1c(C)cc(C)c2c1C(N)C(C1CCCCC1)C2. The lowest BCUT2D eigenvalue weighted by Gasteiger charge is -2.30. The summed E-state index contributed by atoms with van der Waals surface area (Å²) in [5, 5.41) is 0. The van der Waals surface area contributed by atoms with Crippen molar-refractivity contribution < 1.29 is 9.53 Å². The molecular weight excluding hydrogens is 274 g/mol. The molecule has 2 atom stereocenters. The molecule has 22 heavy (non-hydrogen) atoms. The highest BCUT2D eigenvalue weighted by Crippen LogP contribution is 2.48. The highest BCUT2D eigenvalue weighted by Gasteiger charge is 2.39. The van der Waals surface area contributed by atoms with Crippen LogP contribution >= 0.6 is 0 Å². The molecule has 1 aromatic rings. The zero-order chi connectivity index (χ0) is 15.9. The predicted octanol–water partition coefficient (Wildman–Crippen LogP) is 3.98. The third-order valence-corrected chi connectivity index (χ3v) is 5.57. The molecule has 0 radical (unpaired) electrons. The molecule has 1 fully saturated rings. The first-order valence-electron chi connectivity index (χ1n) is 8.56. The second-order valence-electron chi connectivity index (χ2n) is 7.12. The summed E-state index contributed by atoms with van der Waals surface area (Å²) < 4.78 is 5.53. The van der Waals surface area contributed by atoms with E-state index in [1.165, 1.54) is 50.2 Å². The van der Waals surface area contributed by atoms with Crippen molar-refractivity contribution in [1.82, 2.24) is 0 Å². The van der Waals surface area contributed by atoms with Crippen molar-refractivity contribution >= 4 is 5.97 Å². The van der Waals surface area contributed by atoms with Crippen LogP contribution in [0.1, 0.15) is 67.3 Å². The Labute approximate surface area is 133 Å². The minimum Gasteiger partial charge on any atom is -0.426 e. The lowest BCUT2D eigenvalue weighted by Crippen LogP contribution is -2.26. The van der Waals surface area contributed by atoms with Gasteiger partial charge in [-0.05, 0) is 48.8 Å². The number of fused-ring (bicyclic) bond motifs is 1. The van der Waals surface area contributed by atoms with E-state index in [9.17, 15) is 4.79 Å². The summed E-state index contributed by atoms with van der Waals surface area (Å²) in [6.45, 7) is 5.62. The molecule has 2 unspecified atom stereocenters. The van der Waals surface area contributed by atoms with Crippen molar-refractivity contribution in [3.8, 4) is 5.75 Å². The molecule has 0 aromatic heterocycles. The summed E-state index contributed by atoms with van der Waals surface area (Å²) in [6, 6.07) is 2.14. The highest BCUT2D eigenvalue weighted by molar-refractivity contribution is 5.71. The Morgan fingerprint density at radius 3 is 2.50 bits per heavy atom. The van der Waals surface area contributed by atoms with E-state index in [0.29, 0.717) is 5.92 Å². The van der Waals surface area contributed by atoms with Gasteiger partial charge in [0.2, 0.25) is 0 Å². The van der Waals surface area contributed by atoms with Crippen molar-refractivity contribution in [2.45, 2.75) is 65.3 Å². The third-order valence-electron chi connectivity index (χ3n) is 5.57. The van der Waals surface area contributed by atoms with Crippen molar-refractivity contribution in [1.29, 1.82) is 0 Å². The van der Waals surface area contributed by atoms with Gasteiger partial charge in [0, 0.05) is 18.5 Å². The van der Waals surface area contributed by atoms with Crippen LogP contribution in [0.15, 0.2) is 6.07 Å². The minimum atomic E-state index is -0.262. The van der Waals surface area contributed by atoms with Gasteiger partial charge in [-0.1, -0.05) is 38.2 Å². The number of benzene rings is 1. The number of aryl methyl sites for hydroxylation is 2. The van der Waals surface area contributed by atoms with Crippen molar-refractivity contribution in [2.75, 3.05) is 0 Å². The van der Waals surface area contributed by atoms with Gasteiger partial charge < -0.3 is 10.5 Å². The van der Waals surface area contributed by atoms with Crippen LogP contribution in [0.3, 0.4) is 0 Å². The van der Waals surface area contributed by atoms with Gasteiger partial charge in [0.15, 0.2) is 0 Å². The quantitative estimate of drug-likeness (QED) is 0.664. The zero-order valence-corrected chi connectivity index (χ0v) is 13.9. The molecule has 0 bridgehead atoms. The van der Waals surface area contributed by atoms with Crippen molar-refractivity contribution in [3.63, 3.8) is 0 Å². The van der Waals surface area contributed by atoms with Crippen molar-refractivity contribution in [2.24, 2.45) is 17.6 Å². The second-order valence-corrected chi connectivity index (χ2v) is 7.12. The minimum absolute atomic E-state index is 0.00560. The molecule has 3 heteroatoms. The fourth-order valence-corrected chi connectivity index (χ4v) is 4.54. The van der Waals surface area contributed by atoms with E-state index in [-0.39, 0.29) is 12.0 Å². The number of ether oxygens (including phenoxy) is 1. The molecule has 0 heterocycles. The topological polar surface area (TPSA) is 52.3 Å². The Balaban J connectivity index is 1.98. The Bertz CT molecular complexity index is 588. The largest absolute Gasteiger partial charge is 0.426 e. The fraction of sp³-hybridized carbons (Fsp3) is 0.632. The van der Waals surface area contributed by atoms with Crippen LogP contribution in [0.4, 0.5) is 0 Å². The van der Waals surface area contributed by atoms with Crippen LogP contribution in [0.25, 0.3) is 0 Å². The molecule has 0 aliphatic heterocycles. The highest BCUT2D eigenvalue weighted by atomic mass is 16.5. The maximum Gasteiger partial charge on any atom is 0.308 e. The van der Waals surface area contributed by atoms with E-state index in [1.54, 1.807) is 0 Å². The van der Waals surface area contributed by atoms with Crippen LogP contribution in [0, 0.1) is 25.7 Å². The monoisotopic (exact) mass is 301 g/mol. The van der Waals surface area contributed by atoms with Crippen LogP contribution in [0.5, 0.6) is 5.75 Å². The first-order valence-corrected chi connectivity index (χ1v) is 8.56. The molecule has 3 nitrogen and oxygen atoms in total. The third kappa shape index (κ3) is 2.67. The summed E-state index contributed by atoms with van der Waals surface area (Å²) in [5.74, 6) is 1.69. The Morgan fingerprint density at radius 2 is 1.86 bits per heavy atom. The predicted molar refractivity (Wildman–Crippen MR) is 87.9 cm³/mol. The molecule has 2 aliphatic carbocycles. The summed E-state index contributed by atoms with van der Waals surface area (Å²) in [5.41, 5.74) is 11.4. The molecule has 3 rings (SSSR count). The van der Waals surface area contributed by atoms with Crippen LogP contribution in [-0.2, 0) is 11.2 Å². The van der Waals surface area contributed by atoms with Gasteiger partial charge in [-0.25, -0.2) is 0 Å². The smallest absolute Gasteiger partial charge is 0.308 e. The van der Waals surface area contributed by atoms with E-state index >= 15 is 0 Å². The van der Waals surface area contributed by atoms with E-state index in [2.05, 4.69) is 13.0 Å². The van der Waals surface area contributed by atoms with Crippen LogP contribution < -0.4 is 10.5 Å². The van der Waals surface area contributed by atoms with Gasteiger partial charge in [0.1, 0.15) is 5.75 Å². The average molecular weight is 301 g/mol. The van der Waals surface area contributed by atoms with E-state index < -0.39 is 0 Å². The maximum absolute atomic E-state index is 11.5. The van der Waals surface area contributed by atoms with E-state index in [0.717, 1.165) is 29.2 Å². The zero-order valence-electron chi connectivity index (χ0n) is 13.9. The van der Waals surface area contributed by atoms with Gasteiger partial charge in [-0.3, -0.25) is 4.79 Å². The van der Waals surface area contributed by atoms with Gasteiger partial charge in [-0.15, -0.1) is 0 Å². The molecule has 2 aliphatic rings. The molecule has 1 saturated carbocycles. The number of carbonyl (C=O) groups excluding carboxylic acids is 1. The Kier molecular flexibility index (Phi) is 4.26. The molecule has 0 amide bonds. The van der Waals surface area contributed by atoms with Crippen molar-refractivity contribution in [3.05, 3.63) is 28.3 Å². The molecule has 1 aromatic carbocycles. The number of nitrogens with two attached hydrogens (primary N) is 1. The fourth-order valence-electron chi connectivity index (χ4n) is 4.54. The van der Waals surface area contributed by atoms with Gasteiger partial charge in [-0.2, -0.15) is 0 Å². The standard InChI is InChI=1S/C19H27NO2/c1-11-9-12(2)19(22-13(3)21)17-15(11)10-16(18(17)20)14-7-5-4-6-8-14/h9,14,16,18H,4-8,10,20H2,1-3H3. The van der Waals surface area contributed by atoms with E-state index in [4.69, 9.17) is 10.5 Å². The van der Waals surface area contributed by atoms with Crippen LogP contribution in [-0.4, -0.2) is 5.97 Å². The first-order chi connectivity index (χ1) is 10.5. The number of carbonyl (C=O) groups is 1. The molecule has 2 N–H and O–H groups in total. The number of esters is 1. The normalized spacial score (nSPS) is 25.1. The lowest BCUT2D eigenvalue weighted by molar-refractivity contribution is -0.132. The number of hydrogen-bond acceptors (Lipinski definition) is 3. The summed E-state index contributed by atoms with van der Waals surface area (Å²) in [7, 11) is 0. The van der Waals surface area contributed by atoms with Crippen LogP contribution in [0.2, 0.25) is 0 Å². The summed E-state index contributed by atoms with van der Waals surface area (Å²) in [4.78, 5) is 11.5. The molecule has 0 spiro atoms. The summed E-state index contributed by atoms with van der Waals surface area (Å²) >= 11 is 0. The Hall–Kier alpha value is -1.35. The van der Waals surface area contributed by atoms with Gasteiger partial charge in [0.25, 0.3) is 0 Å². The van der Waals surface area contributed by atoms with Gasteiger partial charge >= 0.3 is 5.97 Å². The second kappa shape index (κ2) is 6.04. The molecule has 120 valence electrons. The number of hydrogen-bond donors (Lipinski definition) is 1. The molecule has 0 saturated heterocycles. The summed E-state index contributed by atoms with van der Waals surface area (Å²) in [6.07, 6.45) is 7.67. The van der Waals surface area contributed by atoms with E-state index in [1.807, 2.05) is 6.92 Å². The Morgan fingerprint density at radius 1 is 1.18 bits per heavy atom. The average Bonchev–Trinajstić information content (AvgIpc) is 2.82. The lowest BCUT2D eigenvalue weighted by atomic mass is 9.77. The maximum atomic E-state index is 11.5. The number of rotatable bonds is 2. The van der Waals surface area contributed by atoms with Gasteiger partial charge in [0.05, 0.1) is 0 Å². The molecular formula is C19H27NO2. The first kappa shape index (κ1) is 15.5.